The maximum Gasteiger partial charge on any atom is 0.134 e. The lowest BCUT2D eigenvalue weighted by Gasteiger charge is -2.20. The molecule has 0 radical (unpaired) electrons. The third-order valence-corrected chi connectivity index (χ3v) is 3.83. The molecular weight excluding hydrogens is 236 g/mol. The van der Waals surface area contributed by atoms with E-state index in [1.807, 2.05) is 7.05 Å². The van der Waals surface area contributed by atoms with E-state index in [0.717, 1.165) is 36.8 Å². The molecule has 0 spiro atoms. The Balaban J connectivity index is 2.12. The first-order chi connectivity index (χ1) is 9.28. The van der Waals surface area contributed by atoms with Gasteiger partial charge in [0, 0.05) is 18.7 Å². The highest BCUT2D eigenvalue weighted by Gasteiger charge is 2.25. The lowest BCUT2D eigenvalue weighted by molar-refractivity contribution is 0.584. The molecule has 1 aliphatic rings. The van der Waals surface area contributed by atoms with Gasteiger partial charge < -0.3 is 10.6 Å². The van der Waals surface area contributed by atoms with E-state index in [0.29, 0.717) is 6.04 Å². The standard InChI is InChI=1S/C15H26N4/c1-4-6-13-14(16-3)17-10-18-15(13)19-12(5-2)9-11-7-8-11/h10-12H,4-9H2,1-3H3,(H2,16,17,18,19). The van der Waals surface area contributed by atoms with Crippen molar-refractivity contribution in [3.05, 3.63) is 11.9 Å². The second-order valence-electron chi connectivity index (χ2n) is 5.48. The number of aromatic nitrogens is 2. The van der Waals surface area contributed by atoms with Gasteiger partial charge in [-0.05, 0) is 25.2 Å². The summed E-state index contributed by atoms with van der Waals surface area (Å²) in [7, 11) is 1.92. The molecule has 4 heteroatoms. The van der Waals surface area contributed by atoms with Crippen LogP contribution in [-0.4, -0.2) is 23.1 Å². The van der Waals surface area contributed by atoms with Crippen LogP contribution in [-0.2, 0) is 6.42 Å². The SMILES string of the molecule is CCCc1c(NC)ncnc1NC(CC)CC1CC1. The van der Waals surface area contributed by atoms with Crippen molar-refractivity contribution < 1.29 is 0 Å². The van der Waals surface area contributed by atoms with E-state index in [1.165, 1.54) is 24.8 Å². The summed E-state index contributed by atoms with van der Waals surface area (Å²) in [5.74, 6) is 2.92. The third kappa shape index (κ3) is 3.82. The van der Waals surface area contributed by atoms with Crippen molar-refractivity contribution >= 4 is 11.6 Å². The number of rotatable bonds is 8. The summed E-state index contributed by atoms with van der Waals surface area (Å²) in [6, 6.07) is 0.544. The summed E-state index contributed by atoms with van der Waals surface area (Å²) < 4.78 is 0. The summed E-state index contributed by atoms with van der Waals surface area (Å²) in [4.78, 5) is 8.78. The molecule has 1 aromatic rings. The van der Waals surface area contributed by atoms with Crippen LogP contribution in [0.3, 0.4) is 0 Å². The molecule has 0 amide bonds. The van der Waals surface area contributed by atoms with Gasteiger partial charge in [-0.15, -0.1) is 0 Å². The van der Waals surface area contributed by atoms with Crippen molar-refractivity contribution in [2.45, 2.75) is 58.4 Å². The molecule has 1 fully saturated rings. The quantitative estimate of drug-likeness (QED) is 0.753. The number of nitrogens with one attached hydrogen (secondary N) is 2. The van der Waals surface area contributed by atoms with Crippen molar-refractivity contribution in [3.63, 3.8) is 0 Å². The predicted molar refractivity (Wildman–Crippen MR) is 80.6 cm³/mol. The van der Waals surface area contributed by atoms with Crippen LogP contribution in [0.1, 0.15) is 51.5 Å². The van der Waals surface area contributed by atoms with E-state index < -0.39 is 0 Å². The van der Waals surface area contributed by atoms with Crippen LogP contribution in [0.5, 0.6) is 0 Å². The zero-order chi connectivity index (χ0) is 13.7. The van der Waals surface area contributed by atoms with E-state index >= 15 is 0 Å². The van der Waals surface area contributed by atoms with Crippen LogP contribution in [0.4, 0.5) is 11.6 Å². The maximum absolute atomic E-state index is 4.46. The molecular formula is C15H26N4. The van der Waals surface area contributed by atoms with Crippen molar-refractivity contribution in [2.24, 2.45) is 5.92 Å². The summed E-state index contributed by atoms with van der Waals surface area (Å²) in [5.41, 5.74) is 1.22. The monoisotopic (exact) mass is 262 g/mol. The number of hydrogen-bond acceptors (Lipinski definition) is 4. The molecule has 0 saturated heterocycles. The molecule has 1 unspecified atom stereocenters. The van der Waals surface area contributed by atoms with Gasteiger partial charge >= 0.3 is 0 Å². The van der Waals surface area contributed by atoms with E-state index in [9.17, 15) is 0 Å². The van der Waals surface area contributed by atoms with Crippen molar-refractivity contribution in [2.75, 3.05) is 17.7 Å². The predicted octanol–water partition coefficient (Wildman–Crippen LogP) is 3.46. The molecule has 1 heterocycles. The van der Waals surface area contributed by atoms with Gasteiger partial charge in [0.15, 0.2) is 0 Å². The van der Waals surface area contributed by atoms with Crippen LogP contribution in [0.15, 0.2) is 6.33 Å². The fourth-order valence-corrected chi connectivity index (χ4v) is 2.52. The Morgan fingerprint density at radius 1 is 1.26 bits per heavy atom. The number of hydrogen-bond donors (Lipinski definition) is 2. The zero-order valence-electron chi connectivity index (χ0n) is 12.4. The summed E-state index contributed by atoms with van der Waals surface area (Å²) in [6.07, 6.45) is 9.02. The summed E-state index contributed by atoms with van der Waals surface area (Å²) in [5, 5.41) is 6.81. The molecule has 2 rings (SSSR count). The molecule has 1 aliphatic carbocycles. The Hall–Kier alpha value is -1.32. The average molecular weight is 262 g/mol. The number of anilines is 2. The highest BCUT2D eigenvalue weighted by atomic mass is 15.1. The normalized spacial score (nSPS) is 16.2. The fraction of sp³-hybridized carbons (Fsp3) is 0.733. The van der Waals surface area contributed by atoms with Gasteiger partial charge in [-0.25, -0.2) is 9.97 Å². The second kappa shape index (κ2) is 6.73. The molecule has 0 bridgehead atoms. The van der Waals surface area contributed by atoms with E-state index in [-0.39, 0.29) is 0 Å². The van der Waals surface area contributed by atoms with Gasteiger partial charge in [0.1, 0.15) is 18.0 Å². The summed E-state index contributed by atoms with van der Waals surface area (Å²) >= 11 is 0. The molecule has 19 heavy (non-hydrogen) atoms. The van der Waals surface area contributed by atoms with Gasteiger partial charge in [-0.3, -0.25) is 0 Å². The second-order valence-corrected chi connectivity index (χ2v) is 5.48. The lowest BCUT2D eigenvalue weighted by Crippen LogP contribution is -2.21. The van der Waals surface area contributed by atoms with Crippen molar-refractivity contribution in [1.82, 2.24) is 9.97 Å². The smallest absolute Gasteiger partial charge is 0.134 e. The van der Waals surface area contributed by atoms with Crippen LogP contribution >= 0.6 is 0 Å². The first-order valence-corrected chi connectivity index (χ1v) is 7.56. The highest BCUT2D eigenvalue weighted by Crippen LogP contribution is 2.35. The maximum atomic E-state index is 4.46. The summed E-state index contributed by atoms with van der Waals surface area (Å²) in [6.45, 7) is 4.44. The van der Waals surface area contributed by atoms with E-state index in [1.54, 1.807) is 6.33 Å². The van der Waals surface area contributed by atoms with Crippen LogP contribution in [0, 0.1) is 5.92 Å². The van der Waals surface area contributed by atoms with Gasteiger partial charge in [0.25, 0.3) is 0 Å². The molecule has 2 N–H and O–H groups in total. The largest absolute Gasteiger partial charge is 0.373 e. The molecule has 1 aromatic heterocycles. The Morgan fingerprint density at radius 2 is 2.00 bits per heavy atom. The highest BCUT2D eigenvalue weighted by molar-refractivity contribution is 5.57. The number of nitrogens with zero attached hydrogens (tertiary/aromatic N) is 2. The first-order valence-electron chi connectivity index (χ1n) is 7.56. The zero-order valence-corrected chi connectivity index (χ0v) is 12.4. The van der Waals surface area contributed by atoms with Gasteiger partial charge in [-0.1, -0.05) is 33.1 Å². The Labute approximate surface area is 116 Å². The van der Waals surface area contributed by atoms with Crippen molar-refractivity contribution in [3.8, 4) is 0 Å². The first kappa shape index (κ1) is 14.1. The molecule has 1 saturated carbocycles. The minimum atomic E-state index is 0.544. The molecule has 0 aliphatic heterocycles. The molecule has 4 nitrogen and oxygen atoms in total. The van der Waals surface area contributed by atoms with Gasteiger partial charge in [0.05, 0.1) is 0 Å². The Morgan fingerprint density at radius 3 is 2.58 bits per heavy atom. The van der Waals surface area contributed by atoms with Crippen LogP contribution in [0.25, 0.3) is 0 Å². The van der Waals surface area contributed by atoms with E-state index in [4.69, 9.17) is 0 Å². The van der Waals surface area contributed by atoms with Gasteiger partial charge in [-0.2, -0.15) is 0 Å². The van der Waals surface area contributed by atoms with E-state index in [2.05, 4.69) is 34.4 Å². The Bertz CT molecular complexity index is 401. The minimum absolute atomic E-state index is 0.544. The lowest BCUT2D eigenvalue weighted by atomic mass is 10.1. The van der Waals surface area contributed by atoms with Crippen molar-refractivity contribution in [1.29, 1.82) is 0 Å². The molecule has 0 aromatic carbocycles. The topological polar surface area (TPSA) is 49.8 Å². The molecule has 106 valence electrons. The van der Waals surface area contributed by atoms with Gasteiger partial charge in [0.2, 0.25) is 0 Å². The van der Waals surface area contributed by atoms with Crippen LogP contribution in [0.2, 0.25) is 0 Å². The Kier molecular flexibility index (Phi) is 5.00. The molecule has 1 atom stereocenters. The third-order valence-electron chi connectivity index (χ3n) is 3.83. The van der Waals surface area contributed by atoms with Crippen LogP contribution < -0.4 is 10.6 Å². The minimum Gasteiger partial charge on any atom is -0.373 e. The fourth-order valence-electron chi connectivity index (χ4n) is 2.52. The average Bonchev–Trinajstić information content (AvgIpc) is 3.24.